The van der Waals surface area contributed by atoms with E-state index in [4.69, 9.17) is 0 Å². The van der Waals surface area contributed by atoms with Crippen molar-refractivity contribution in [1.29, 1.82) is 0 Å². The second-order valence-electron chi connectivity index (χ2n) is 41.5. The molecule has 2 N–H and O–H groups in total. The number of hydrogen-bond donors (Lipinski definition) is 2. The predicted octanol–water partition coefficient (Wildman–Crippen LogP) is 26.0. The quantitative estimate of drug-likeness (QED) is 0.0987. The van der Waals surface area contributed by atoms with E-state index in [-0.39, 0.29) is 34.2 Å². The number of fused-ring (bicyclic) bond motifs is 32. The van der Waals surface area contributed by atoms with Gasteiger partial charge in [-0.25, -0.2) is 52.7 Å². The molecule has 11 nitrogen and oxygen atoms in total. The third-order valence-electron chi connectivity index (χ3n) is 33.7. The normalized spacial score (nSPS) is 27.2. The molecule has 2 amide bonds. The highest BCUT2D eigenvalue weighted by Crippen LogP contribution is 2.76. The summed E-state index contributed by atoms with van der Waals surface area (Å²) in [5.74, 6) is -25.0. The number of benzene rings is 14. The number of piperazine rings is 3. The smallest absolute Gasteiger partial charge is 0.263 e. The van der Waals surface area contributed by atoms with E-state index in [1.807, 2.05) is 243 Å². The summed E-state index contributed by atoms with van der Waals surface area (Å²) in [5, 5.41) is 17.4. The Kier molecular flexibility index (Phi) is 24.8. The number of aliphatic hydroxyl groups is 1. The molecule has 3 aliphatic heterocycles. The van der Waals surface area contributed by atoms with E-state index in [1.54, 1.807) is 107 Å². The topological polar surface area (TPSA) is 117 Å². The first-order valence-electron chi connectivity index (χ1n) is 51.1. The van der Waals surface area contributed by atoms with Crippen LogP contribution in [-0.4, -0.2) is 162 Å². The first kappa shape index (κ1) is 97.6. The number of halogens is 13. The van der Waals surface area contributed by atoms with Crippen LogP contribution in [0.25, 0.3) is 21.5 Å². The Labute approximate surface area is 862 Å². The summed E-state index contributed by atoms with van der Waals surface area (Å²) in [6.45, 7) is 9.47. The zero-order chi connectivity index (χ0) is 103. The summed E-state index contributed by atoms with van der Waals surface area (Å²) in [5.41, 5.74) is 18.7. The maximum absolute atomic E-state index is 14.6. The molecule has 149 heavy (non-hydrogen) atoms. The molecule has 3 heterocycles. The zero-order valence-electron chi connectivity index (χ0n) is 80.7. The van der Waals surface area contributed by atoms with Crippen molar-refractivity contribution in [3.63, 3.8) is 0 Å². The SMILES string of the molecule is FC1(F)[C@@H]2c3ccccc3C(Br)c3ccccc3[C@@H]21.FC1(F)[C@@H]2c3ccccc3C(N3CCNCC3)c3ccccc3[C@@H]21.O=C1c2ccccc2[C@@H]2[C@H](c3ccccc31)C2(F)F.O=CN1CCN(C2c3ccccc3[C@@H]3[C@H](c4ccccc42)C3(F)F)CC1.O=CN1CCN(C2c3ccccc3[C@@H]3[C@H](c4ccccc42)C3(F)F)CC1.O=c1c2ccccc2ccc2ccccc12.OC1c2ccccc2[C@@H]2[C@H](c3ccccc31)C2(F)F. The molecule has 15 aromatic carbocycles. The molecule has 0 spiro atoms. The van der Waals surface area contributed by atoms with Crippen molar-refractivity contribution in [3.8, 4) is 0 Å². The molecule has 15 aliphatic rings. The number of carbonyl (C=O) groups excluding carboxylic acids is 3. The fraction of sp³-hybridized carbons (Fsp3) is 0.280. The van der Waals surface area contributed by atoms with Crippen LogP contribution in [0.2, 0.25) is 0 Å². The Morgan fingerprint density at radius 2 is 0.436 bits per heavy atom. The lowest BCUT2D eigenvalue weighted by molar-refractivity contribution is -0.120. The molecule has 15 aromatic rings. The number of carbonyl (C=O) groups is 3. The Bertz CT molecular complexity index is 7170. The van der Waals surface area contributed by atoms with Gasteiger partial charge in [0, 0.05) is 100 Å². The highest BCUT2D eigenvalue weighted by atomic mass is 79.9. The number of nitrogens with zero attached hydrogens (tertiary/aromatic N) is 5. The molecule has 5 unspecified atom stereocenters. The van der Waals surface area contributed by atoms with Crippen molar-refractivity contribution in [2.75, 3.05) is 78.5 Å². The van der Waals surface area contributed by atoms with Gasteiger partial charge in [-0.15, -0.1) is 0 Å². The summed E-state index contributed by atoms with van der Waals surface area (Å²) in [4.78, 5) is 57.5. The molecular weight excluding hydrogens is 1970 g/mol. The van der Waals surface area contributed by atoms with Gasteiger partial charge in [0.25, 0.3) is 35.5 Å². The Hall–Kier alpha value is -13.5. The third kappa shape index (κ3) is 16.6. The predicted molar refractivity (Wildman–Crippen MR) is 554 cm³/mol. The van der Waals surface area contributed by atoms with E-state index in [9.17, 15) is 77.0 Å². The number of alkyl halides is 13. The molecule has 30 rings (SSSR count). The highest BCUT2D eigenvalue weighted by molar-refractivity contribution is 9.09. The number of aliphatic hydroxyl groups excluding tert-OH is 1. The molecular formula is C125H103BrF12N6O5. The first-order valence-corrected chi connectivity index (χ1v) is 52.0. The largest absolute Gasteiger partial charge is 0.384 e. The Morgan fingerprint density at radius 3 is 0.698 bits per heavy atom. The molecule has 3 saturated heterocycles. The molecule has 17 atom stereocenters. The maximum atomic E-state index is 14.6. The zero-order valence-corrected chi connectivity index (χ0v) is 82.3. The van der Waals surface area contributed by atoms with E-state index >= 15 is 0 Å². The van der Waals surface area contributed by atoms with E-state index in [2.05, 4.69) is 48.1 Å². The fourth-order valence-electron chi connectivity index (χ4n) is 26.3. The number of hydrogen-bond acceptors (Lipinski definition) is 9. The van der Waals surface area contributed by atoms with Crippen molar-refractivity contribution in [1.82, 2.24) is 29.8 Å². The molecule has 0 aromatic heterocycles. The van der Waals surface area contributed by atoms with Crippen LogP contribution in [0.4, 0.5) is 52.7 Å². The van der Waals surface area contributed by atoms with Crippen LogP contribution < -0.4 is 10.7 Å². The van der Waals surface area contributed by atoms with Crippen LogP contribution in [-0.2, 0) is 9.59 Å². The second-order valence-corrected chi connectivity index (χ2v) is 42.4. The van der Waals surface area contributed by atoms with Crippen molar-refractivity contribution >= 4 is 56.1 Å². The number of amides is 2. The standard InChI is InChI=1S/2C21H20F2N2O.C20H20F2N2.C16H11BrF2.C16H12F2O.C16H10F2O.C15H10O/c2*22-21(23)18-14-5-1-3-7-16(14)20(25-11-9-24(13-26)10-12-25)17-8-4-2-6-15(17)19(18)21;21-20(22)17-13-5-1-3-7-15(13)19(24-11-9-23-10-12-24)16-8-4-2-6-14(16)18(17)20;17-15-11-7-3-1-5-9(11)13-14(16(13,18)19)10-6-2-4-8-12(10)15;2*17-16(18)13-9-5-1-3-7-11(9)15(19)12-8-4-2-6-10(12)14(13)16;16-15-13-7-3-1-5-11(13)9-10-12-6-2-4-8-14(12)15/h2*1-8,13,18-20H,9-12H2;1-8,17-19,23H,9-12H2;1-8,13-15H;1-8,13-15,19H;1-8,13-14H;1-10H/t2*18-,19+,20?;17-,18+,19?;2*13-,14+,15?;13-,14+;. The second kappa shape index (κ2) is 37.9. The number of rotatable bonds is 5. The van der Waals surface area contributed by atoms with Crippen LogP contribution >= 0.6 is 15.9 Å². The van der Waals surface area contributed by atoms with E-state index in [0.29, 0.717) is 70.7 Å². The van der Waals surface area contributed by atoms with Gasteiger partial charge >= 0.3 is 0 Å². The summed E-state index contributed by atoms with van der Waals surface area (Å²) in [6, 6.07) is 108. The average molecular weight is 2080 g/mol. The molecule has 754 valence electrons. The van der Waals surface area contributed by atoms with E-state index < -0.39 is 113 Å². The van der Waals surface area contributed by atoms with Crippen LogP contribution in [0, 0.1) is 0 Å². The fourth-order valence-corrected chi connectivity index (χ4v) is 27.1. The van der Waals surface area contributed by atoms with Gasteiger partial charge in [0.1, 0.15) is 6.10 Å². The van der Waals surface area contributed by atoms with Gasteiger partial charge in [-0.05, 0) is 133 Å². The third-order valence-corrected chi connectivity index (χ3v) is 34.7. The number of nitrogens with one attached hydrogen (secondary N) is 1. The minimum atomic E-state index is -2.74. The van der Waals surface area contributed by atoms with E-state index in [0.717, 1.165) is 176 Å². The van der Waals surface area contributed by atoms with Gasteiger partial charge in [0.2, 0.25) is 12.8 Å². The minimum Gasteiger partial charge on any atom is -0.384 e. The minimum absolute atomic E-state index is 0.00324. The Morgan fingerprint density at radius 1 is 0.242 bits per heavy atom. The molecule has 0 radical (unpaired) electrons. The average Bonchev–Trinajstić information content (AvgIpc) is 1.65. The van der Waals surface area contributed by atoms with Crippen LogP contribution in [0.1, 0.15) is 238 Å². The number of ketones is 1. The van der Waals surface area contributed by atoms with Crippen molar-refractivity contribution < 1.29 is 72.2 Å². The van der Waals surface area contributed by atoms with Crippen molar-refractivity contribution in [2.24, 2.45) is 0 Å². The molecule has 6 saturated carbocycles. The maximum Gasteiger partial charge on any atom is 0.263 e. The van der Waals surface area contributed by atoms with Crippen molar-refractivity contribution in [2.45, 2.75) is 136 Å². The van der Waals surface area contributed by atoms with Crippen LogP contribution in [0.5, 0.6) is 0 Å². The Balaban J connectivity index is 0.0000000932. The van der Waals surface area contributed by atoms with Gasteiger partial charge in [-0.2, -0.15) is 0 Å². The highest BCUT2D eigenvalue weighted by Gasteiger charge is 2.76. The summed E-state index contributed by atoms with van der Waals surface area (Å²) in [6.07, 6.45) is 0.973. The van der Waals surface area contributed by atoms with Crippen molar-refractivity contribution in [3.05, 3.63) is 496 Å². The lowest BCUT2D eigenvalue weighted by Crippen LogP contribution is -2.47. The summed E-state index contributed by atoms with van der Waals surface area (Å²) < 4.78 is 172. The van der Waals surface area contributed by atoms with E-state index in [1.165, 1.54) is 0 Å². The van der Waals surface area contributed by atoms with Gasteiger partial charge in [0.05, 0.1) is 94.0 Å². The lowest BCUT2D eigenvalue weighted by atomic mass is 9.90. The first-order chi connectivity index (χ1) is 72.2. The van der Waals surface area contributed by atoms with Gasteiger partial charge in [0.15, 0.2) is 11.2 Å². The van der Waals surface area contributed by atoms with Gasteiger partial charge in [-0.1, -0.05) is 368 Å². The summed E-state index contributed by atoms with van der Waals surface area (Å²) in [7, 11) is 0. The molecule has 0 bridgehead atoms. The van der Waals surface area contributed by atoms with Gasteiger partial charge < -0.3 is 20.2 Å². The van der Waals surface area contributed by atoms with Crippen LogP contribution in [0.15, 0.2) is 357 Å². The molecule has 24 heteroatoms. The van der Waals surface area contributed by atoms with Crippen LogP contribution in [0.3, 0.4) is 0 Å². The molecule has 9 fully saturated rings. The monoisotopic (exact) mass is 2070 g/mol. The lowest BCUT2D eigenvalue weighted by Gasteiger charge is -2.39. The summed E-state index contributed by atoms with van der Waals surface area (Å²) >= 11 is 3.68. The van der Waals surface area contributed by atoms with Gasteiger partial charge in [-0.3, -0.25) is 33.9 Å². The molecule has 12 aliphatic carbocycles.